The van der Waals surface area contributed by atoms with Crippen LogP contribution in [0.1, 0.15) is 18.5 Å². The number of para-hydroxylation sites is 2. The first kappa shape index (κ1) is 11.9. The van der Waals surface area contributed by atoms with Gasteiger partial charge in [0.2, 0.25) is 0 Å². The van der Waals surface area contributed by atoms with Crippen LogP contribution < -0.4 is 5.32 Å². The Hall–Kier alpha value is -1.13. The predicted octanol–water partition coefficient (Wildman–Crippen LogP) is 2.62. The van der Waals surface area contributed by atoms with Crippen LogP contribution in [0.3, 0.4) is 0 Å². The van der Waals surface area contributed by atoms with E-state index in [1.807, 2.05) is 42.2 Å². The van der Waals surface area contributed by atoms with E-state index < -0.39 is 0 Å². The quantitative estimate of drug-likeness (QED) is 0.919. The first-order valence-corrected chi connectivity index (χ1v) is 7.59. The lowest BCUT2D eigenvalue weighted by molar-refractivity contribution is 0.503. The summed E-state index contributed by atoms with van der Waals surface area (Å²) in [6.07, 6.45) is 4.49. The fourth-order valence-electron chi connectivity index (χ4n) is 2.23. The van der Waals surface area contributed by atoms with Crippen LogP contribution in [0.25, 0.3) is 11.0 Å². The molecule has 2 heterocycles. The molecule has 0 bridgehead atoms. The van der Waals surface area contributed by atoms with Crippen LogP contribution in [0.5, 0.6) is 0 Å². The average molecular weight is 259 g/mol. The van der Waals surface area contributed by atoms with Gasteiger partial charge in [-0.25, -0.2) is 4.98 Å². The molecule has 1 N–H and O–H groups in total. The monoisotopic (exact) mass is 259 g/mol. The van der Waals surface area contributed by atoms with E-state index in [2.05, 4.69) is 15.3 Å². The molecule has 1 unspecified atom stereocenters. The summed E-state index contributed by atoms with van der Waals surface area (Å²) in [4.78, 5) is 9.07. The highest BCUT2D eigenvalue weighted by Crippen LogP contribution is 2.17. The van der Waals surface area contributed by atoms with Crippen LogP contribution in [-0.4, -0.2) is 27.5 Å². The molecule has 0 amide bonds. The number of fused-ring (bicyclic) bond motifs is 1. The topological polar surface area (TPSA) is 37.8 Å². The maximum absolute atomic E-state index is 4.63. The standard InChI is InChI=1S/C14H17N3S/c1-2-6-14-13(5-1)16-9-12(17-14)8-15-11-4-3-7-18-10-11/h1-2,5-6,9,11,15H,3-4,7-8,10H2. The Morgan fingerprint density at radius 2 is 2.17 bits per heavy atom. The van der Waals surface area contributed by atoms with Crippen LogP contribution >= 0.6 is 11.8 Å². The Morgan fingerprint density at radius 3 is 3.00 bits per heavy atom. The van der Waals surface area contributed by atoms with Gasteiger partial charge in [-0.2, -0.15) is 11.8 Å². The first-order chi connectivity index (χ1) is 8.92. The van der Waals surface area contributed by atoms with E-state index in [1.54, 1.807) is 0 Å². The third-order valence-corrected chi connectivity index (χ3v) is 4.45. The van der Waals surface area contributed by atoms with Gasteiger partial charge in [0.1, 0.15) is 0 Å². The molecule has 18 heavy (non-hydrogen) atoms. The van der Waals surface area contributed by atoms with E-state index in [0.717, 1.165) is 23.3 Å². The number of aromatic nitrogens is 2. The van der Waals surface area contributed by atoms with E-state index in [0.29, 0.717) is 6.04 Å². The molecular formula is C14H17N3S. The number of rotatable bonds is 3. The predicted molar refractivity (Wildman–Crippen MR) is 76.7 cm³/mol. The first-order valence-electron chi connectivity index (χ1n) is 6.43. The number of nitrogens with one attached hydrogen (secondary N) is 1. The third kappa shape index (κ3) is 2.82. The average Bonchev–Trinajstić information content (AvgIpc) is 2.46. The second-order valence-electron chi connectivity index (χ2n) is 4.65. The van der Waals surface area contributed by atoms with Crippen molar-refractivity contribution in [3.8, 4) is 0 Å². The zero-order chi connectivity index (χ0) is 12.2. The van der Waals surface area contributed by atoms with E-state index in [-0.39, 0.29) is 0 Å². The van der Waals surface area contributed by atoms with Crippen LogP contribution in [0.4, 0.5) is 0 Å². The smallest absolute Gasteiger partial charge is 0.0890 e. The molecule has 0 radical (unpaired) electrons. The molecule has 3 nitrogen and oxygen atoms in total. The van der Waals surface area contributed by atoms with Gasteiger partial charge >= 0.3 is 0 Å². The number of hydrogen-bond donors (Lipinski definition) is 1. The van der Waals surface area contributed by atoms with Gasteiger partial charge in [-0.15, -0.1) is 0 Å². The lowest BCUT2D eigenvalue weighted by atomic mass is 10.2. The molecule has 3 rings (SSSR count). The molecule has 1 aromatic heterocycles. The Kier molecular flexibility index (Phi) is 3.76. The van der Waals surface area contributed by atoms with E-state index >= 15 is 0 Å². The van der Waals surface area contributed by atoms with Crippen molar-refractivity contribution >= 4 is 22.8 Å². The summed E-state index contributed by atoms with van der Waals surface area (Å²) in [7, 11) is 0. The van der Waals surface area contributed by atoms with Gasteiger partial charge in [0.05, 0.1) is 22.9 Å². The largest absolute Gasteiger partial charge is 0.307 e. The molecule has 0 aliphatic carbocycles. The van der Waals surface area contributed by atoms with Crippen LogP contribution in [0, 0.1) is 0 Å². The molecular weight excluding hydrogens is 242 g/mol. The zero-order valence-corrected chi connectivity index (χ0v) is 11.1. The van der Waals surface area contributed by atoms with Crippen molar-refractivity contribution < 1.29 is 0 Å². The van der Waals surface area contributed by atoms with Crippen molar-refractivity contribution in [2.45, 2.75) is 25.4 Å². The van der Waals surface area contributed by atoms with Gasteiger partial charge in [-0.1, -0.05) is 12.1 Å². The molecule has 1 atom stereocenters. The van der Waals surface area contributed by atoms with Gasteiger partial charge in [-0.3, -0.25) is 4.98 Å². The molecule has 1 aliphatic heterocycles. The van der Waals surface area contributed by atoms with Crippen molar-refractivity contribution in [2.24, 2.45) is 0 Å². The molecule has 2 aromatic rings. The molecule has 0 saturated carbocycles. The fourth-order valence-corrected chi connectivity index (χ4v) is 3.34. The van der Waals surface area contributed by atoms with Gasteiger partial charge in [0, 0.05) is 18.3 Å². The zero-order valence-electron chi connectivity index (χ0n) is 10.3. The van der Waals surface area contributed by atoms with Crippen LogP contribution in [0.15, 0.2) is 30.5 Å². The molecule has 4 heteroatoms. The minimum absolute atomic E-state index is 0.636. The Balaban J connectivity index is 1.66. The number of hydrogen-bond acceptors (Lipinski definition) is 4. The number of nitrogens with zero attached hydrogens (tertiary/aromatic N) is 2. The SMILES string of the molecule is c1ccc2nc(CNC3CCCSC3)cnc2c1. The van der Waals surface area contributed by atoms with E-state index in [1.165, 1.54) is 24.3 Å². The lowest BCUT2D eigenvalue weighted by Crippen LogP contribution is -2.33. The maximum Gasteiger partial charge on any atom is 0.0890 e. The Bertz CT molecular complexity index is 523. The highest BCUT2D eigenvalue weighted by Gasteiger charge is 2.13. The summed E-state index contributed by atoms with van der Waals surface area (Å²) < 4.78 is 0. The van der Waals surface area contributed by atoms with E-state index in [9.17, 15) is 0 Å². The summed E-state index contributed by atoms with van der Waals surface area (Å²) in [5.74, 6) is 2.54. The molecule has 1 aliphatic rings. The van der Waals surface area contributed by atoms with Crippen molar-refractivity contribution in [1.82, 2.24) is 15.3 Å². The second kappa shape index (κ2) is 5.67. The molecule has 1 saturated heterocycles. The summed E-state index contributed by atoms with van der Waals surface area (Å²) in [6.45, 7) is 0.822. The molecule has 94 valence electrons. The van der Waals surface area contributed by atoms with Gasteiger partial charge in [0.15, 0.2) is 0 Å². The highest BCUT2D eigenvalue weighted by atomic mass is 32.2. The van der Waals surface area contributed by atoms with Crippen molar-refractivity contribution in [2.75, 3.05) is 11.5 Å². The number of benzene rings is 1. The molecule has 1 aromatic carbocycles. The van der Waals surface area contributed by atoms with Gasteiger partial charge < -0.3 is 5.32 Å². The molecule has 1 fully saturated rings. The summed E-state index contributed by atoms with van der Waals surface area (Å²) in [6, 6.07) is 8.65. The summed E-state index contributed by atoms with van der Waals surface area (Å²) in [5, 5.41) is 3.58. The van der Waals surface area contributed by atoms with Crippen molar-refractivity contribution in [1.29, 1.82) is 0 Å². The Labute approximate surface area is 111 Å². The normalized spacial score (nSPS) is 20.1. The summed E-state index contributed by atoms with van der Waals surface area (Å²) in [5.41, 5.74) is 2.98. The van der Waals surface area contributed by atoms with Crippen LogP contribution in [-0.2, 0) is 6.54 Å². The minimum atomic E-state index is 0.636. The second-order valence-corrected chi connectivity index (χ2v) is 5.79. The number of thioether (sulfide) groups is 1. The lowest BCUT2D eigenvalue weighted by Gasteiger charge is -2.22. The maximum atomic E-state index is 4.63. The minimum Gasteiger partial charge on any atom is -0.307 e. The van der Waals surface area contributed by atoms with Crippen molar-refractivity contribution in [3.63, 3.8) is 0 Å². The van der Waals surface area contributed by atoms with E-state index in [4.69, 9.17) is 0 Å². The van der Waals surface area contributed by atoms with Gasteiger partial charge in [0.25, 0.3) is 0 Å². The van der Waals surface area contributed by atoms with Crippen molar-refractivity contribution in [3.05, 3.63) is 36.2 Å². The van der Waals surface area contributed by atoms with Gasteiger partial charge in [-0.05, 0) is 30.7 Å². The Morgan fingerprint density at radius 1 is 1.28 bits per heavy atom. The highest BCUT2D eigenvalue weighted by molar-refractivity contribution is 7.99. The third-order valence-electron chi connectivity index (χ3n) is 3.23. The molecule has 0 spiro atoms. The summed E-state index contributed by atoms with van der Waals surface area (Å²) >= 11 is 2.04. The fraction of sp³-hybridized carbons (Fsp3) is 0.429. The van der Waals surface area contributed by atoms with Crippen LogP contribution in [0.2, 0.25) is 0 Å².